The maximum Gasteiger partial charge on any atom is 0.136 e. The van der Waals surface area contributed by atoms with Crippen LogP contribution in [0.25, 0.3) is 0 Å². The Labute approximate surface area is 103 Å². The minimum absolute atomic E-state index is 0.271. The van der Waals surface area contributed by atoms with Crippen LogP contribution in [0.2, 0.25) is 0 Å². The first-order valence-corrected chi connectivity index (χ1v) is 6.84. The molecule has 3 heteroatoms. The van der Waals surface area contributed by atoms with E-state index < -0.39 is 0 Å². The van der Waals surface area contributed by atoms with E-state index in [1.165, 1.54) is 31.4 Å². The summed E-state index contributed by atoms with van der Waals surface area (Å²) in [6.07, 6.45) is 6.23. The lowest BCUT2D eigenvalue weighted by molar-refractivity contribution is 0.697. The van der Waals surface area contributed by atoms with Crippen molar-refractivity contribution in [1.82, 2.24) is 9.97 Å². The molecule has 0 amide bonds. The molecule has 2 saturated carbocycles. The molecule has 1 heterocycles. The van der Waals surface area contributed by atoms with Crippen molar-refractivity contribution < 1.29 is 0 Å². The molecule has 1 aromatic rings. The summed E-state index contributed by atoms with van der Waals surface area (Å²) >= 11 is 0. The standard InChI is InChI=1S/C14H21N3/c1-3-8-15-12-9-11(10-4-5-10)16-13(17-12)14(2)6-7-14/h9-10H,3-8H2,1-2H3,(H,15,16,17). The average molecular weight is 231 g/mol. The van der Waals surface area contributed by atoms with Gasteiger partial charge in [0.25, 0.3) is 0 Å². The van der Waals surface area contributed by atoms with E-state index in [0.717, 1.165) is 24.6 Å². The van der Waals surface area contributed by atoms with Crippen molar-refractivity contribution in [1.29, 1.82) is 0 Å². The second kappa shape index (κ2) is 3.97. The van der Waals surface area contributed by atoms with Gasteiger partial charge in [0, 0.05) is 29.6 Å². The molecule has 3 nitrogen and oxygen atoms in total. The smallest absolute Gasteiger partial charge is 0.136 e. The Morgan fingerprint density at radius 1 is 1.35 bits per heavy atom. The van der Waals surface area contributed by atoms with E-state index in [-0.39, 0.29) is 5.41 Å². The summed E-state index contributed by atoms with van der Waals surface area (Å²) in [5.74, 6) is 2.81. The molecule has 2 aliphatic carbocycles. The molecular formula is C14H21N3. The summed E-state index contributed by atoms with van der Waals surface area (Å²) < 4.78 is 0. The third-order valence-electron chi connectivity index (χ3n) is 3.84. The van der Waals surface area contributed by atoms with Gasteiger partial charge in [-0.05, 0) is 32.1 Å². The molecule has 0 unspecified atom stereocenters. The molecule has 0 spiro atoms. The van der Waals surface area contributed by atoms with Gasteiger partial charge in [-0.15, -0.1) is 0 Å². The second-order valence-corrected chi connectivity index (χ2v) is 5.76. The van der Waals surface area contributed by atoms with Gasteiger partial charge in [-0.25, -0.2) is 9.97 Å². The van der Waals surface area contributed by atoms with Crippen molar-refractivity contribution in [2.45, 2.75) is 57.3 Å². The van der Waals surface area contributed by atoms with Crippen LogP contribution >= 0.6 is 0 Å². The van der Waals surface area contributed by atoms with E-state index in [4.69, 9.17) is 9.97 Å². The van der Waals surface area contributed by atoms with Gasteiger partial charge in [-0.3, -0.25) is 0 Å². The number of hydrogen-bond acceptors (Lipinski definition) is 3. The van der Waals surface area contributed by atoms with Crippen LogP contribution in [0.4, 0.5) is 5.82 Å². The highest BCUT2D eigenvalue weighted by atomic mass is 15.0. The minimum Gasteiger partial charge on any atom is -0.370 e. The van der Waals surface area contributed by atoms with Crippen molar-refractivity contribution in [2.75, 3.05) is 11.9 Å². The molecule has 2 fully saturated rings. The topological polar surface area (TPSA) is 37.8 Å². The summed E-state index contributed by atoms with van der Waals surface area (Å²) in [5, 5.41) is 3.41. The Morgan fingerprint density at radius 3 is 2.71 bits per heavy atom. The molecule has 1 aromatic heterocycles. The molecule has 0 radical (unpaired) electrons. The van der Waals surface area contributed by atoms with Crippen LogP contribution in [-0.2, 0) is 5.41 Å². The first-order chi connectivity index (χ1) is 8.21. The van der Waals surface area contributed by atoms with E-state index in [9.17, 15) is 0 Å². The molecule has 3 rings (SSSR count). The van der Waals surface area contributed by atoms with E-state index in [0.29, 0.717) is 5.92 Å². The van der Waals surface area contributed by atoms with Crippen molar-refractivity contribution in [3.63, 3.8) is 0 Å². The highest BCUT2D eigenvalue weighted by Gasteiger charge is 2.43. The summed E-state index contributed by atoms with van der Waals surface area (Å²) in [6, 6.07) is 2.16. The predicted octanol–water partition coefficient (Wildman–Crippen LogP) is 3.23. The maximum atomic E-state index is 4.79. The summed E-state index contributed by atoms with van der Waals surface area (Å²) in [5.41, 5.74) is 1.54. The third-order valence-corrected chi connectivity index (χ3v) is 3.84. The van der Waals surface area contributed by atoms with E-state index in [1.54, 1.807) is 0 Å². The molecule has 0 atom stereocenters. The largest absolute Gasteiger partial charge is 0.370 e. The lowest BCUT2D eigenvalue weighted by Gasteiger charge is -2.12. The first-order valence-electron chi connectivity index (χ1n) is 6.84. The Balaban J connectivity index is 1.89. The zero-order chi connectivity index (χ0) is 11.9. The van der Waals surface area contributed by atoms with Gasteiger partial charge in [-0.1, -0.05) is 13.8 Å². The Hall–Kier alpha value is -1.12. The van der Waals surface area contributed by atoms with Gasteiger partial charge in [-0.2, -0.15) is 0 Å². The highest BCUT2D eigenvalue weighted by molar-refractivity contribution is 5.40. The molecule has 2 aliphatic rings. The third kappa shape index (κ3) is 2.28. The second-order valence-electron chi connectivity index (χ2n) is 5.76. The van der Waals surface area contributed by atoms with Crippen LogP contribution in [0, 0.1) is 0 Å². The van der Waals surface area contributed by atoms with Crippen LogP contribution in [0.3, 0.4) is 0 Å². The number of nitrogens with one attached hydrogen (secondary N) is 1. The number of anilines is 1. The van der Waals surface area contributed by atoms with Crippen LogP contribution in [-0.4, -0.2) is 16.5 Å². The molecule has 1 N–H and O–H groups in total. The van der Waals surface area contributed by atoms with Crippen molar-refractivity contribution in [3.8, 4) is 0 Å². The van der Waals surface area contributed by atoms with Gasteiger partial charge >= 0.3 is 0 Å². The predicted molar refractivity (Wildman–Crippen MR) is 69.4 cm³/mol. The summed E-state index contributed by atoms with van der Waals surface area (Å²) in [7, 11) is 0. The quantitative estimate of drug-likeness (QED) is 0.845. The first kappa shape index (κ1) is 11.0. The lowest BCUT2D eigenvalue weighted by atomic mass is 10.1. The van der Waals surface area contributed by atoms with Gasteiger partial charge in [0.05, 0.1) is 0 Å². The lowest BCUT2D eigenvalue weighted by Crippen LogP contribution is -2.12. The van der Waals surface area contributed by atoms with E-state index in [2.05, 4.69) is 25.2 Å². The Morgan fingerprint density at radius 2 is 2.12 bits per heavy atom. The van der Waals surface area contributed by atoms with Crippen LogP contribution in [0.1, 0.15) is 63.4 Å². The average Bonchev–Trinajstić information content (AvgIpc) is 3.20. The minimum atomic E-state index is 0.271. The maximum absolute atomic E-state index is 4.79. The van der Waals surface area contributed by atoms with Gasteiger partial charge in [0.1, 0.15) is 11.6 Å². The molecule has 92 valence electrons. The van der Waals surface area contributed by atoms with E-state index in [1.807, 2.05) is 0 Å². The number of rotatable bonds is 5. The number of aromatic nitrogens is 2. The van der Waals surface area contributed by atoms with E-state index >= 15 is 0 Å². The summed E-state index contributed by atoms with van der Waals surface area (Å²) in [4.78, 5) is 9.48. The zero-order valence-electron chi connectivity index (χ0n) is 10.8. The fourth-order valence-corrected chi connectivity index (χ4v) is 2.08. The zero-order valence-corrected chi connectivity index (χ0v) is 10.8. The molecular weight excluding hydrogens is 210 g/mol. The SMILES string of the molecule is CCCNc1cc(C2CC2)nc(C2(C)CC2)n1. The van der Waals surface area contributed by atoms with Gasteiger partial charge in [0.15, 0.2) is 0 Å². The highest BCUT2D eigenvalue weighted by Crippen LogP contribution is 2.47. The monoisotopic (exact) mass is 231 g/mol. The normalized spacial score (nSPS) is 21.3. The van der Waals surface area contributed by atoms with Crippen LogP contribution in [0.5, 0.6) is 0 Å². The van der Waals surface area contributed by atoms with Crippen molar-refractivity contribution in [2.24, 2.45) is 0 Å². The Kier molecular flexibility index (Phi) is 2.57. The molecule has 0 saturated heterocycles. The Bertz CT molecular complexity index is 419. The number of nitrogens with zero attached hydrogens (tertiary/aromatic N) is 2. The number of hydrogen-bond donors (Lipinski definition) is 1. The fourth-order valence-electron chi connectivity index (χ4n) is 2.08. The fraction of sp³-hybridized carbons (Fsp3) is 0.714. The van der Waals surface area contributed by atoms with Gasteiger partial charge < -0.3 is 5.32 Å². The summed E-state index contributed by atoms with van der Waals surface area (Å²) in [6.45, 7) is 5.46. The molecule has 0 bridgehead atoms. The van der Waals surface area contributed by atoms with Crippen LogP contribution in [0.15, 0.2) is 6.07 Å². The molecule has 17 heavy (non-hydrogen) atoms. The van der Waals surface area contributed by atoms with Gasteiger partial charge in [0.2, 0.25) is 0 Å². The molecule has 0 aliphatic heterocycles. The van der Waals surface area contributed by atoms with Crippen molar-refractivity contribution in [3.05, 3.63) is 17.6 Å². The van der Waals surface area contributed by atoms with Crippen LogP contribution < -0.4 is 5.32 Å². The van der Waals surface area contributed by atoms with Crippen molar-refractivity contribution >= 4 is 5.82 Å². The molecule has 0 aromatic carbocycles.